The highest BCUT2D eigenvalue weighted by Gasteiger charge is 2.14. The van der Waals surface area contributed by atoms with Gasteiger partial charge in [-0.25, -0.2) is 19.8 Å². The lowest BCUT2D eigenvalue weighted by atomic mass is 10.1. The number of hydrogen-bond acceptors (Lipinski definition) is 8. The zero-order chi connectivity index (χ0) is 19.4. The third-order valence-corrected chi connectivity index (χ3v) is 5.10. The van der Waals surface area contributed by atoms with Crippen LogP contribution < -0.4 is 16.6 Å². The summed E-state index contributed by atoms with van der Waals surface area (Å²) < 4.78 is 13.7. The van der Waals surface area contributed by atoms with Gasteiger partial charge in [0.15, 0.2) is 11.6 Å². The Hall–Kier alpha value is -2.43. The molecule has 27 heavy (non-hydrogen) atoms. The Morgan fingerprint density at radius 2 is 2.00 bits per heavy atom. The van der Waals surface area contributed by atoms with Gasteiger partial charge in [-0.15, -0.1) is 11.3 Å². The maximum absolute atomic E-state index is 13.1. The molecule has 10 heteroatoms. The van der Waals surface area contributed by atoms with Crippen molar-refractivity contribution in [2.75, 3.05) is 17.7 Å². The zero-order valence-electron chi connectivity index (χ0n) is 14.3. The molecule has 0 aliphatic rings. The average Bonchev–Trinajstić information content (AvgIpc) is 3.03. The summed E-state index contributed by atoms with van der Waals surface area (Å²) in [5, 5.41) is 2.80. The number of aromatic nitrogens is 3. The molecule has 0 saturated carbocycles. The Balaban J connectivity index is 1.66. The van der Waals surface area contributed by atoms with Crippen LogP contribution in [0, 0.1) is 12.7 Å². The number of anilines is 2. The van der Waals surface area contributed by atoms with Gasteiger partial charge in [-0.05, 0) is 47.1 Å². The number of thiazole rings is 1. The van der Waals surface area contributed by atoms with Gasteiger partial charge in [0.1, 0.15) is 5.82 Å². The number of hydrogen-bond donors (Lipinski definition) is 3. The summed E-state index contributed by atoms with van der Waals surface area (Å²) in [7, 11) is 0. The molecule has 0 atom stereocenters. The number of benzene rings is 1. The number of nitrogens with one attached hydrogen (secondary N) is 2. The van der Waals surface area contributed by atoms with Crippen molar-refractivity contribution in [1.82, 2.24) is 20.4 Å². The van der Waals surface area contributed by atoms with E-state index in [4.69, 9.17) is 5.73 Å². The third kappa shape index (κ3) is 5.06. The average molecular weight is 451 g/mol. The van der Waals surface area contributed by atoms with Gasteiger partial charge in [-0.3, -0.25) is 4.79 Å². The van der Waals surface area contributed by atoms with Crippen molar-refractivity contribution in [2.24, 2.45) is 0 Å². The zero-order valence-corrected chi connectivity index (χ0v) is 16.7. The molecule has 3 aromatic rings. The molecule has 0 fully saturated rings. The Morgan fingerprint density at radius 1 is 1.26 bits per heavy atom. The molecule has 0 amide bonds. The first-order valence-corrected chi connectivity index (χ1v) is 9.60. The van der Waals surface area contributed by atoms with Gasteiger partial charge in [0.25, 0.3) is 0 Å². The molecule has 4 N–H and O–H groups in total. The maximum atomic E-state index is 13.1. The predicted octanol–water partition coefficient (Wildman–Crippen LogP) is 3.12. The molecule has 0 aliphatic heterocycles. The Labute approximate surface area is 167 Å². The molecule has 0 saturated heterocycles. The number of nitrogens with two attached hydrogens (primary N) is 1. The van der Waals surface area contributed by atoms with Crippen LogP contribution in [0.5, 0.6) is 0 Å². The second-order valence-corrected chi connectivity index (χ2v) is 7.51. The first kappa shape index (κ1) is 19.3. The minimum absolute atomic E-state index is 0.0234. The predicted molar refractivity (Wildman–Crippen MR) is 107 cm³/mol. The van der Waals surface area contributed by atoms with E-state index in [0.29, 0.717) is 21.5 Å². The fraction of sp³-hybridized carbons (Fsp3) is 0.176. The SMILES string of the molecule is Cc1nc(CC(=O)CNNc2nc(N)nc(-c3ccc(F)cc3)c2Br)cs1. The van der Waals surface area contributed by atoms with Gasteiger partial charge in [0.05, 0.1) is 33.8 Å². The summed E-state index contributed by atoms with van der Waals surface area (Å²) >= 11 is 4.94. The van der Waals surface area contributed by atoms with Crippen molar-refractivity contribution in [3.8, 4) is 11.3 Å². The van der Waals surface area contributed by atoms with Crippen LogP contribution in [0.15, 0.2) is 34.1 Å². The van der Waals surface area contributed by atoms with Crippen LogP contribution in [-0.4, -0.2) is 27.3 Å². The van der Waals surface area contributed by atoms with Crippen molar-refractivity contribution in [3.63, 3.8) is 0 Å². The summed E-state index contributed by atoms with van der Waals surface area (Å²) in [6, 6.07) is 5.87. The highest BCUT2D eigenvalue weighted by atomic mass is 79.9. The van der Waals surface area contributed by atoms with Gasteiger partial charge >= 0.3 is 0 Å². The van der Waals surface area contributed by atoms with E-state index in [1.807, 2.05) is 12.3 Å². The van der Waals surface area contributed by atoms with Gasteiger partial charge in [-0.1, -0.05) is 0 Å². The van der Waals surface area contributed by atoms with E-state index in [-0.39, 0.29) is 30.5 Å². The molecule has 0 bridgehead atoms. The number of halogens is 2. The lowest BCUT2D eigenvalue weighted by molar-refractivity contribution is -0.117. The van der Waals surface area contributed by atoms with E-state index in [1.165, 1.54) is 23.5 Å². The molecule has 1 aromatic carbocycles. The second-order valence-electron chi connectivity index (χ2n) is 5.65. The van der Waals surface area contributed by atoms with E-state index >= 15 is 0 Å². The Kier molecular flexibility index (Phi) is 6.09. The molecule has 2 aromatic heterocycles. The fourth-order valence-electron chi connectivity index (χ4n) is 2.33. The van der Waals surface area contributed by atoms with Crippen LogP contribution in [0.1, 0.15) is 10.7 Å². The first-order chi connectivity index (χ1) is 12.9. The normalized spacial score (nSPS) is 10.8. The standard InChI is InChI=1S/C17H16BrFN6OS/c1-9-22-12(8-27-9)6-13(26)7-21-25-16-14(18)15(23-17(20)24-16)10-2-4-11(19)5-3-10/h2-5,8,21H,6-7H2,1H3,(H3,20,23,24,25). The number of Topliss-reactive ketones (excluding diaryl/α,β-unsaturated/α-hetero) is 1. The van der Waals surface area contributed by atoms with E-state index < -0.39 is 0 Å². The van der Waals surface area contributed by atoms with Gasteiger partial charge < -0.3 is 11.2 Å². The molecule has 2 heterocycles. The van der Waals surface area contributed by atoms with Crippen molar-refractivity contribution in [2.45, 2.75) is 13.3 Å². The number of aryl methyl sites for hydroxylation is 1. The van der Waals surface area contributed by atoms with Crippen LogP contribution in [0.2, 0.25) is 0 Å². The summed E-state index contributed by atoms with van der Waals surface area (Å²) in [5.41, 5.74) is 13.4. The van der Waals surface area contributed by atoms with Gasteiger partial charge in [0, 0.05) is 10.9 Å². The van der Waals surface area contributed by atoms with E-state index in [2.05, 4.69) is 41.7 Å². The molecular weight excluding hydrogens is 435 g/mol. The molecular formula is C17H16BrFN6OS. The molecule has 0 unspecified atom stereocenters. The van der Waals surface area contributed by atoms with Crippen molar-refractivity contribution < 1.29 is 9.18 Å². The van der Waals surface area contributed by atoms with E-state index in [1.54, 1.807) is 12.1 Å². The Morgan fingerprint density at radius 3 is 2.67 bits per heavy atom. The molecule has 3 rings (SSSR count). The summed E-state index contributed by atoms with van der Waals surface area (Å²) in [6.45, 7) is 1.98. The first-order valence-electron chi connectivity index (χ1n) is 7.93. The highest BCUT2D eigenvalue weighted by molar-refractivity contribution is 9.10. The van der Waals surface area contributed by atoms with Crippen LogP contribution >= 0.6 is 27.3 Å². The quantitative estimate of drug-likeness (QED) is 0.474. The number of ketones is 1. The monoisotopic (exact) mass is 450 g/mol. The molecule has 0 aliphatic carbocycles. The van der Waals surface area contributed by atoms with Crippen molar-refractivity contribution in [1.29, 1.82) is 0 Å². The number of carbonyl (C=O) groups excluding carboxylic acids is 1. The number of nitrogen functional groups attached to an aromatic ring is 1. The van der Waals surface area contributed by atoms with Gasteiger partial charge in [-0.2, -0.15) is 4.98 Å². The minimum Gasteiger partial charge on any atom is -0.368 e. The summed E-state index contributed by atoms with van der Waals surface area (Å²) in [5.74, 6) is 0.0562. The van der Waals surface area contributed by atoms with Crippen LogP contribution in [0.3, 0.4) is 0 Å². The van der Waals surface area contributed by atoms with Crippen LogP contribution in [0.4, 0.5) is 16.2 Å². The topological polar surface area (TPSA) is 106 Å². The van der Waals surface area contributed by atoms with Crippen LogP contribution in [0.25, 0.3) is 11.3 Å². The number of hydrazine groups is 1. The van der Waals surface area contributed by atoms with Crippen molar-refractivity contribution in [3.05, 3.63) is 50.6 Å². The van der Waals surface area contributed by atoms with E-state index in [0.717, 1.165) is 10.7 Å². The Bertz CT molecular complexity index is 963. The molecule has 0 spiro atoms. The maximum Gasteiger partial charge on any atom is 0.222 e. The molecule has 0 radical (unpaired) electrons. The lowest BCUT2D eigenvalue weighted by Crippen LogP contribution is -2.30. The highest BCUT2D eigenvalue weighted by Crippen LogP contribution is 2.31. The van der Waals surface area contributed by atoms with Gasteiger partial charge in [0.2, 0.25) is 5.95 Å². The number of rotatable bonds is 7. The summed E-state index contributed by atoms with van der Waals surface area (Å²) in [4.78, 5) is 24.6. The fourth-order valence-corrected chi connectivity index (χ4v) is 3.44. The van der Waals surface area contributed by atoms with Crippen molar-refractivity contribution >= 4 is 44.8 Å². The number of nitrogens with zero attached hydrogens (tertiary/aromatic N) is 3. The third-order valence-electron chi connectivity index (χ3n) is 3.52. The lowest BCUT2D eigenvalue weighted by Gasteiger charge is -2.12. The van der Waals surface area contributed by atoms with E-state index in [9.17, 15) is 9.18 Å². The smallest absolute Gasteiger partial charge is 0.222 e. The minimum atomic E-state index is -0.342. The largest absolute Gasteiger partial charge is 0.368 e. The molecule has 140 valence electrons. The second kappa shape index (κ2) is 8.51. The summed E-state index contributed by atoms with van der Waals surface area (Å²) in [6.07, 6.45) is 0.257. The number of carbonyl (C=O) groups is 1. The molecule has 7 nitrogen and oxygen atoms in total. The van der Waals surface area contributed by atoms with Crippen LogP contribution in [-0.2, 0) is 11.2 Å².